The molecule has 1 aromatic heterocycles. The van der Waals surface area contributed by atoms with Gasteiger partial charge in [0.25, 0.3) is 0 Å². The molecule has 0 aliphatic carbocycles. The highest BCUT2D eigenvalue weighted by Gasteiger charge is 2.10. The maximum absolute atomic E-state index is 11.7. The van der Waals surface area contributed by atoms with Crippen LogP contribution < -0.4 is 16.0 Å². The monoisotopic (exact) mass is 326 g/mol. The molecule has 1 aromatic carbocycles. The zero-order chi connectivity index (χ0) is 17.7. The molecule has 0 fully saturated rings. The second-order valence-electron chi connectivity index (χ2n) is 6.50. The maximum Gasteiger partial charge on any atom is 0.319 e. The Labute approximate surface area is 143 Å². The fourth-order valence-corrected chi connectivity index (χ4v) is 2.44. The number of aromatic nitrogens is 1. The molecule has 5 heteroatoms. The first-order valence-electron chi connectivity index (χ1n) is 8.27. The van der Waals surface area contributed by atoms with E-state index in [4.69, 9.17) is 0 Å². The lowest BCUT2D eigenvalue weighted by Gasteiger charge is -2.17. The molecule has 24 heavy (non-hydrogen) atoms. The molecule has 0 unspecified atom stereocenters. The van der Waals surface area contributed by atoms with Crippen molar-refractivity contribution in [1.82, 2.24) is 10.3 Å². The summed E-state index contributed by atoms with van der Waals surface area (Å²) >= 11 is 0. The summed E-state index contributed by atoms with van der Waals surface area (Å²) in [5.41, 5.74) is 4.20. The number of benzene rings is 1. The maximum atomic E-state index is 11.7. The molecule has 3 N–H and O–H groups in total. The van der Waals surface area contributed by atoms with Crippen LogP contribution in [0, 0.1) is 6.92 Å². The fourth-order valence-electron chi connectivity index (χ4n) is 2.44. The number of carbonyl (C=O) groups excluding carboxylic acids is 1. The molecule has 1 heterocycles. The van der Waals surface area contributed by atoms with Crippen LogP contribution in [0.5, 0.6) is 0 Å². The van der Waals surface area contributed by atoms with Crippen molar-refractivity contribution < 1.29 is 4.79 Å². The van der Waals surface area contributed by atoms with Gasteiger partial charge in [0.2, 0.25) is 0 Å². The van der Waals surface area contributed by atoms with E-state index < -0.39 is 0 Å². The Morgan fingerprint density at radius 1 is 1.08 bits per heavy atom. The third-order valence-electron chi connectivity index (χ3n) is 3.62. The highest BCUT2D eigenvalue weighted by molar-refractivity contribution is 5.89. The SMILES string of the molecule is Cc1cccc(C(C)C)c1Nc1ccc(NC(=O)NC(C)C)cn1. The number of amides is 2. The van der Waals surface area contributed by atoms with E-state index >= 15 is 0 Å². The van der Waals surface area contributed by atoms with Gasteiger partial charge in [0, 0.05) is 11.7 Å². The predicted octanol–water partition coefficient (Wildman–Crippen LogP) is 4.79. The predicted molar refractivity (Wildman–Crippen MR) is 100 cm³/mol. The van der Waals surface area contributed by atoms with Crippen molar-refractivity contribution in [3.8, 4) is 0 Å². The molecule has 128 valence electrons. The van der Waals surface area contributed by atoms with Crippen molar-refractivity contribution in [2.45, 2.75) is 46.6 Å². The van der Waals surface area contributed by atoms with E-state index in [1.54, 1.807) is 6.20 Å². The van der Waals surface area contributed by atoms with E-state index in [0.29, 0.717) is 11.6 Å². The first kappa shape index (κ1) is 17.8. The van der Waals surface area contributed by atoms with Gasteiger partial charge in [-0.05, 0) is 49.9 Å². The van der Waals surface area contributed by atoms with Crippen LogP contribution in [0.4, 0.5) is 22.0 Å². The molecule has 0 saturated heterocycles. The fraction of sp³-hybridized carbons (Fsp3) is 0.368. The Bertz CT molecular complexity index is 693. The van der Waals surface area contributed by atoms with Gasteiger partial charge in [-0.1, -0.05) is 32.0 Å². The zero-order valence-corrected chi connectivity index (χ0v) is 15.0. The van der Waals surface area contributed by atoms with Crippen LogP contribution in [0.2, 0.25) is 0 Å². The molecule has 0 aliphatic heterocycles. The van der Waals surface area contributed by atoms with Gasteiger partial charge in [0.15, 0.2) is 0 Å². The van der Waals surface area contributed by atoms with E-state index in [1.807, 2.05) is 26.0 Å². The third-order valence-corrected chi connectivity index (χ3v) is 3.62. The second kappa shape index (κ2) is 7.81. The summed E-state index contributed by atoms with van der Waals surface area (Å²) in [7, 11) is 0. The molecule has 0 aliphatic rings. The number of pyridine rings is 1. The standard InChI is InChI=1S/C19H26N4O/c1-12(2)16-8-6-7-14(5)18(16)23-17-10-9-15(11-20-17)22-19(24)21-13(3)4/h6-13H,1-5H3,(H,20,23)(H2,21,22,24). The number of rotatable bonds is 5. The summed E-state index contributed by atoms with van der Waals surface area (Å²) in [4.78, 5) is 16.1. The normalized spacial score (nSPS) is 10.8. The molecule has 0 spiro atoms. The number of carbonyl (C=O) groups is 1. The highest BCUT2D eigenvalue weighted by atomic mass is 16.2. The lowest BCUT2D eigenvalue weighted by Crippen LogP contribution is -2.34. The van der Waals surface area contributed by atoms with Crippen LogP contribution in [-0.2, 0) is 0 Å². The number of nitrogens with one attached hydrogen (secondary N) is 3. The molecule has 0 atom stereocenters. The van der Waals surface area contributed by atoms with Crippen molar-refractivity contribution in [1.29, 1.82) is 0 Å². The molecule has 2 aromatic rings. The summed E-state index contributed by atoms with van der Waals surface area (Å²) in [6.07, 6.45) is 1.65. The van der Waals surface area contributed by atoms with Crippen LogP contribution in [0.3, 0.4) is 0 Å². The summed E-state index contributed by atoms with van der Waals surface area (Å²) in [6, 6.07) is 9.85. The van der Waals surface area contributed by atoms with Gasteiger partial charge in [-0.2, -0.15) is 0 Å². The quantitative estimate of drug-likeness (QED) is 0.740. The molecule has 0 radical (unpaired) electrons. The number of para-hydroxylation sites is 1. The van der Waals surface area contributed by atoms with Gasteiger partial charge in [0.05, 0.1) is 11.9 Å². The summed E-state index contributed by atoms with van der Waals surface area (Å²) < 4.78 is 0. The van der Waals surface area contributed by atoms with Crippen LogP contribution >= 0.6 is 0 Å². The lowest BCUT2D eigenvalue weighted by molar-refractivity contribution is 0.250. The van der Waals surface area contributed by atoms with Crippen molar-refractivity contribution in [2.75, 3.05) is 10.6 Å². The number of aryl methyl sites for hydroxylation is 1. The van der Waals surface area contributed by atoms with Gasteiger partial charge in [0.1, 0.15) is 5.82 Å². The minimum Gasteiger partial charge on any atom is -0.340 e. The van der Waals surface area contributed by atoms with Crippen molar-refractivity contribution in [2.24, 2.45) is 0 Å². The first-order chi connectivity index (χ1) is 11.4. The lowest BCUT2D eigenvalue weighted by atomic mass is 9.98. The largest absolute Gasteiger partial charge is 0.340 e. The zero-order valence-electron chi connectivity index (χ0n) is 15.0. The molecule has 0 saturated carbocycles. The van der Waals surface area contributed by atoms with Gasteiger partial charge >= 0.3 is 6.03 Å². The van der Waals surface area contributed by atoms with Crippen molar-refractivity contribution in [3.63, 3.8) is 0 Å². The van der Waals surface area contributed by atoms with E-state index in [0.717, 1.165) is 11.5 Å². The summed E-state index contributed by atoms with van der Waals surface area (Å²) in [5.74, 6) is 1.18. The Morgan fingerprint density at radius 3 is 2.42 bits per heavy atom. The molecular weight excluding hydrogens is 300 g/mol. The van der Waals surface area contributed by atoms with Crippen LogP contribution in [-0.4, -0.2) is 17.1 Å². The number of nitrogens with zero attached hydrogens (tertiary/aromatic N) is 1. The Balaban J connectivity index is 2.11. The van der Waals surface area contributed by atoms with E-state index in [9.17, 15) is 4.79 Å². The van der Waals surface area contributed by atoms with E-state index in [1.165, 1.54) is 11.1 Å². The van der Waals surface area contributed by atoms with Crippen molar-refractivity contribution in [3.05, 3.63) is 47.7 Å². The van der Waals surface area contributed by atoms with Crippen LogP contribution in [0.25, 0.3) is 0 Å². The minimum atomic E-state index is -0.228. The number of urea groups is 1. The molecule has 5 nitrogen and oxygen atoms in total. The molecule has 2 amide bonds. The van der Waals surface area contributed by atoms with Gasteiger partial charge < -0.3 is 16.0 Å². The highest BCUT2D eigenvalue weighted by Crippen LogP contribution is 2.29. The van der Waals surface area contributed by atoms with Gasteiger partial charge in [-0.15, -0.1) is 0 Å². The van der Waals surface area contributed by atoms with E-state index in [2.05, 4.69) is 59.9 Å². The second-order valence-corrected chi connectivity index (χ2v) is 6.50. The Kier molecular flexibility index (Phi) is 5.79. The number of hydrogen-bond acceptors (Lipinski definition) is 3. The molecular formula is C19H26N4O. The molecule has 2 rings (SSSR count). The number of anilines is 3. The Hall–Kier alpha value is -2.56. The topological polar surface area (TPSA) is 66.0 Å². The average molecular weight is 326 g/mol. The minimum absolute atomic E-state index is 0.0920. The first-order valence-corrected chi connectivity index (χ1v) is 8.27. The van der Waals surface area contributed by atoms with Crippen LogP contribution in [0.1, 0.15) is 44.7 Å². The number of hydrogen-bond donors (Lipinski definition) is 3. The van der Waals surface area contributed by atoms with E-state index in [-0.39, 0.29) is 12.1 Å². The summed E-state index contributed by atoms with van der Waals surface area (Å²) in [5, 5.41) is 8.94. The Morgan fingerprint density at radius 2 is 1.83 bits per heavy atom. The summed E-state index contributed by atoms with van der Waals surface area (Å²) in [6.45, 7) is 10.3. The third kappa shape index (κ3) is 4.72. The van der Waals surface area contributed by atoms with Crippen LogP contribution in [0.15, 0.2) is 36.5 Å². The van der Waals surface area contributed by atoms with Crippen molar-refractivity contribution >= 4 is 23.2 Å². The van der Waals surface area contributed by atoms with Gasteiger partial charge in [-0.3, -0.25) is 0 Å². The van der Waals surface area contributed by atoms with Gasteiger partial charge in [-0.25, -0.2) is 9.78 Å². The average Bonchev–Trinajstić information content (AvgIpc) is 2.50. The molecule has 0 bridgehead atoms. The smallest absolute Gasteiger partial charge is 0.319 e.